The highest BCUT2D eigenvalue weighted by Gasteiger charge is 2.26. The van der Waals surface area contributed by atoms with E-state index in [4.69, 9.17) is 9.47 Å². The minimum absolute atomic E-state index is 0.0632. The van der Waals surface area contributed by atoms with Crippen molar-refractivity contribution in [3.8, 4) is 11.5 Å². The first kappa shape index (κ1) is 24.8. The number of hydrogen-bond acceptors (Lipinski definition) is 4. The first-order valence-electron chi connectivity index (χ1n) is 11.4. The van der Waals surface area contributed by atoms with Crippen LogP contribution < -0.4 is 14.8 Å². The second kappa shape index (κ2) is 12.4. The van der Waals surface area contributed by atoms with Crippen LogP contribution in [0.4, 0.5) is 0 Å². The van der Waals surface area contributed by atoms with Gasteiger partial charge >= 0.3 is 0 Å². The molecule has 178 valence electrons. The summed E-state index contributed by atoms with van der Waals surface area (Å²) in [7, 11) is 3.23. The van der Waals surface area contributed by atoms with Gasteiger partial charge in [-0.3, -0.25) is 9.59 Å². The Balaban J connectivity index is 1.68. The fourth-order valence-corrected chi connectivity index (χ4v) is 3.63. The van der Waals surface area contributed by atoms with Crippen molar-refractivity contribution in [1.29, 1.82) is 0 Å². The van der Waals surface area contributed by atoms with Crippen LogP contribution in [0.3, 0.4) is 0 Å². The van der Waals surface area contributed by atoms with Crippen LogP contribution in [-0.2, 0) is 29.1 Å². The maximum Gasteiger partial charge on any atom is 0.242 e. The van der Waals surface area contributed by atoms with Gasteiger partial charge in [-0.15, -0.1) is 0 Å². The number of methoxy groups -OCH3 is 2. The number of nitrogens with one attached hydrogen (secondary N) is 1. The number of carbonyl (C=O) groups is 2. The van der Waals surface area contributed by atoms with E-state index in [2.05, 4.69) is 5.32 Å². The number of nitrogens with zero attached hydrogens (tertiary/aromatic N) is 1. The second-order valence-electron chi connectivity index (χ2n) is 8.10. The van der Waals surface area contributed by atoms with Gasteiger partial charge in [0.1, 0.15) is 17.5 Å². The lowest BCUT2D eigenvalue weighted by Gasteiger charge is -2.29. The molecule has 6 heteroatoms. The van der Waals surface area contributed by atoms with Crippen molar-refractivity contribution in [1.82, 2.24) is 10.2 Å². The number of carbonyl (C=O) groups excluding carboxylic acids is 2. The second-order valence-corrected chi connectivity index (χ2v) is 8.10. The molecular formula is C28H32N2O4. The number of benzene rings is 3. The summed E-state index contributed by atoms with van der Waals surface area (Å²) in [6.07, 6.45) is 0.954. The molecule has 0 aliphatic carbocycles. The highest BCUT2D eigenvalue weighted by Crippen LogP contribution is 2.17. The molecule has 0 fully saturated rings. The quantitative estimate of drug-likeness (QED) is 0.461. The Kier molecular flexibility index (Phi) is 9.09. The Morgan fingerprint density at radius 3 is 1.91 bits per heavy atom. The van der Waals surface area contributed by atoms with E-state index in [1.807, 2.05) is 78.9 Å². The molecule has 2 amide bonds. The molecule has 0 heterocycles. The molecular weight excluding hydrogens is 428 g/mol. The van der Waals surface area contributed by atoms with Gasteiger partial charge in [0.2, 0.25) is 11.8 Å². The van der Waals surface area contributed by atoms with Crippen LogP contribution in [-0.4, -0.2) is 37.0 Å². The SMILES string of the molecule is COc1ccc(CNC(=O)[C@@H](C)N(Cc2ccc(OC)cc2)C(=O)CCc2ccccc2)cc1. The molecule has 3 aromatic rings. The van der Waals surface area contributed by atoms with Crippen LogP contribution in [0.2, 0.25) is 0 Å². The molecule has 34 heavy (non-hydrogen) atoms. The lowest BCUT2D eigenvalue weighted by Crippen LogP contribution is -2.47. The van der Waals surface area contributed by atoms with E-state index >= 15 is 0 Å². The largest absolute Gasteiger partial charge is 0.497 e. The van der Waals surface area contributed by atoms with Crippen molar-refractivity contribution in [2.45, 2.75) is 38.9 Å². The Labute approximate surface area is 201 Å². The van der Waals surface area contributed by atoms with Gasteiger partial charge in [0.05, 0.1) is 14.2 Å². The third kappa shape index (κ3) is 7.10. The van der Waals surface area contributed by atoms with Crippen LogP contribution >= 0.6 is 0 Å². The normalized spacial score (nSPS) is 11.4. The highest BCUT2D eigenvalue weighted by atomic mass is 16.5. The Hall–Kier alpha value is -3.80. The smallest absolute Gasteiger partial charge is 0.242 e. The van der Waals surface area contributed by atoms with Crippen molar-refractivity contribution >= 4 is 11.8 Å². The van der Waals surface area contributed by atoms with Gasteiger partial charge in [-0.05, 0) is 54.3 Å². The number of ether oxygens (including phenoxy) is 2. The van der Waals surface area contributed by atoms with Gasteiger partial charge in [0.15, 0.2) is 0 Å². The standard InChI is InChI=1S/C28H32N2O4/c1-21(28(32)29-19-23-9-14-25(33-2)15-10-23)30(20-24-11-16-26(34-3)17-12-24)27(31)18-13-22-7-5-4-6-8-22/h4-12,14-17,21H,13,18-20H2,1-3H3,(H,29,32)/t21-/m1/s1. The average Bonchev–Trinajstić information content (AvgIpc) is 2.89. The van der Waals surface area contributed by atoms with Gasteiger partial charge in [-0.1, -0.05) is 54.6 Å². The van der Waals surface area contributed by atoms with Crippen LogP contribution in [0.5, 0.6) is 11.5 Å². The third-order valence-electron chi connectivity index (χ3n) is 5.78. The molecule has 3 rings (SSSR count). The van der Waals surface area contributed by atoms with Crippen LogP contribution in [0.1, 0.15) is 30.0 Å². The molecule has 0 radical (unpaired) electrons. The molecule has 3 aromatic carbocycles. The number of aryl methyl sites for hydroxylation is 1. The summed E-state index contributed by atoms with van der Waals surface area (Å²) in [5.41, 5.74) is 2.99. The van der Waals surface area contributed by atoms with E-state index in [1.54, 1.807) is 26.0 Å². The molecule has 1 atom stereocenters. The van der Waals surface area contributed by atoms with E-state index in [0.29, 0.717) is 25.9 Å². The summed E-state index contributed by atoms with van der Waals surface area (Å²) in [4.78, 5) is 27.9. The van der Waals surface area contributed by atoms with Gasteiger partial charge in [0, 0.05) is 19.5 Å². The van der Waals surface area contributed by atoms with Crippen molar-refractivity contribution in [2.24, 2.45) is 0 Å². The van der Waals surface area contributed by atoms with Gasteiger partial charge < -0.3 is 19.7 Å². The van der Waals surface area contributed by atoms with Crippen molar-refractivity contribution < 1.29 is 19.1 Å². The van der Waals surface area contributed by atoms with E-state index < -0.39 is 6.04 Å². The first-order chi connectivity index (χ1) is 16.5. The lowest BCUT2D eigenvalue weighted by atomic mass is 10.1. The van der Waals surface area contributed by atoms with E-state index in [1.165, 1.54) is 0 Å². The van der Waals surface area contributed by atoms with E-state index in [9.17, 15) is 9.59 Å². The van der Waals surface area contributed by atoms with E-state index in [0.717, 1.165) is 28.2 Å². The van der Waals surface area contributed by atoms with Gasteiger partial charge in [-0.2, -0.15) is 0 Å². The molecule has 0 aromatic heterocycles. The molecule has 1 N–H and O–H groups in total. The van der Waals surface area contributed by atoms with Crippen molar-refractivity contribution in [3.05, 3.63) is 95.6 Å². The minimum Gasteiger partial charge on any atom is -0.497 e. The topological polar surface area (TPSA) is 67.9 Å². The first-order valence-corrected chi connectivity index (χ1v) is 11.4. The maximum absolute atomic E-state index is 13.2. The maximum atomic E-state index is 13.2. The highest BCUT2D eigenvalue weighted by molar-refractivity contribution is 5.87. The van der Waals surface area contributed by atoms with Crippen LogP contribution in [0.15, 0.2) is 78.9 Å². The Bertz CT molecular complexity index is 1050. The summed E-state index contributed by atoms with van der Waals surface area (Å²) in [6, 6.07) is 24.3. The molecule has 0 aliphatic heterocycles. The minimum atomic E-state index is -0.622. The molecule has 0 aliphatic rings. The molecule has 0 saturated carbocycles. The van der Waals surface area contributed by atoms with E-state index in [-0.39, 0.29) is 11.8 Å². The van der Waals surface area contributed by atoms with Crippen molar-refractivity contribution in [2.75, 3.05) is 14.2 Å². The summed E-state index contributed by atoms with van der Waals surface area (Å²) >= 11 is 0. The summed E-state index contributed by atoms with van der Waals surface area (Å²) in [6.45, 7) is 2.49. The van der Waals surface area contributed by atoms with Gasteiger partial charge in [0.25, 0.3) is 0 Å². The number of rotatable bonds is 11. The average molecular weight is 461 g/mol. The molecule has 0 unspecified atom stereocenters. The zero-order valence-corrected chi connectivity index (χ0v) is 20.0. The molecule has 0 spiro atoms. The lowest BCUT2D eigenvalue weighted by molar-refractivity contribution is -0.140. The molecule has 0 bridgehead atoms. The van der Waals surface area contributed by atoms with Crippen LogP contribution in [0.25, 0.3) is 0 Å². The monoisotopic (exact) mass is 460 g/mol. The predicted molar refractivity (Wildman–Crippen MR) is 133 cm³/mol. The molecule has 0 saturated heterocycles. The summed E-state index contributed by atoms with van der Waals surface area (Å²) in [5, 5.41) is 2.96. The zero-order chi connectivity index (χ0) is 24.3. The number of hydrogen-bond donors (Lipinski definition) is 1. The fraction of sp³-hybridized carbons (Fsp3) is 0.286. The summed E-state index contributed by atoms with van der Waals surface area (Å²) in [5.74, 6) is 1.25. The Morgan fingerprint density at radius 1 is 0.794 bits per heavy atom. The third-order valence-corrected chi connectivity index (χ3v) is 5.78. The fourth-order valence-electron chi connectivity index (χ4n) is 3.63. The predicted octanol–water partition coefficient (Wildman–Crippen LogP) is 4.37. The number of amides is 2. The van der Waals surface area contributed by atoms with Crippen molar-refractivity contribution in [3.63, 3.8) is 0 Å². The molecule has 6 nitrogen and oxygen atoms in total. The van der Waals surface area contributed by atoms with Crippen LogP contribution in [0, 0.1) is 0 Å². The van der Waals surface area contributed by atoms with Gasteiger partial charge in [-0.25, -0.2) is 0 Å². The Morgan fingerprint density at radius 2 is 1.35 bits per heavy atom. The zero-order valence-electron chi connectivity index (χ0n) is 20.0. The summed E-state index contributed by atoms with van der Waals surface area (Å²) < 4.78 is 10.4.